The Morgan fingerprint density at radius 3 is 2.71 bits per heavy atom. The minimum atomic E-state index is -1.26. The van der Waals surface area contributed by atoms with Crippen molar-refractivity contribution >= 4 is 6.16 Å². The minimum Gasteiger partial charge on any atom is -0.450 e. The fraction of sp³-hybridized carbons (Fsp3) is 0.667. The summed E-state index contributed by atoms with van der Waals surface area (Å²) in [5.41, 5.74) is 0. The Morgan fingerprint density at radius 1 is 2.00 bits per heavy atom. The van der Waals surface area contributed by atoms with Gasteiger partial charge in [0.15, 0.2) is 0 Å². The Morgan fingerprint density at radius 2 is 2.57 bits per heavy atom. The second kappa shape index (κ2) is 3.42. The molecule has 7 heavy (non-hydrogen) atoms. The average molecular weight is 105 g/mol. The van der Waals surface area contributed by atoms with E-state index in [-0.39, 0.29) is 6.73 Å². The van der Waals surface area contributed by atoms with Crippen molar-refractivity contribution in [2.24, 2.45) is 0 Å². The van der Waals surface area contributed by atoms with E-state index in [4.69, 9.17) is 5.11 Å². The summed E-state index contributed by atoms with van der Waals surface area (Å²) in [5.74, 6) is 0. The van der Waals surface area contributed by atoms with Gasteiger partial charge in [0, 0.05) is 0 Å². The third kappa shape index (κ3) is 5.23. The fourth-order valence-corrected chi connectivity index (χ4v) is 0.134. The molecule has 0 spiro atoms. The van der Waals surface area contributed by atoms with E-state index in [1.165, 1.54) is 0 Å². The van der Waals surface area contributed by atoms with Crippen LogP contribution in [0.4, 0.5) is 4.79 Å². The van der Waals surface area contributed by atoms with E-state index in [0.29, 0.717) is 0 Å². The summed E-state index contributed by atoms with van der Waals surface area (Å²) in [6.45, 7) is 0.0509. The first kappa shape index (κ1) is 6.23. The van der Waals surface area contributed by atoms with Crippen molar-refractivity contribution in [2.45, 2.75) is 0 Å². The monoisotopic (exact) mass is 105 g/mol. The second-order valence-corrected chi connectivity index (χ2v) is 0.908. The Bertz CT molecular complexity index is 63.2. The molecule has 0 aromatic heterocycles. The number of hydrogen-bond acceptors (Lipinski definition) is 3. The normalized spacial score (nSPS) is 8.14. The molecule has 0 aliphatic carbocycles. The Kier molecular flexibility index (Phi) is 3.04. The molecule has 0 unspecified atom stereocenters. The van der Waals surface area contributed by atoms with Gasteiger partial charge in [-0.25, -0.2) is 4.79 Å². The van der Waals surface area contributed by atoms with Gasteiger partial charge >= 0.3 is 6.16 Å². The van der Waals surface area contributed by atoms with Crippen molar-refractivity contribution in [1.82, 2.24) is 5.32 Å². The van der Waals surface area contributed by atoms with Crippen molar-refractivity contribution in [3.63, 3.8) is 0 Å². The van der Waals surface area contributed by atoms with Gasteiger partial charge in [-0.3, -0.25) is 5.32 Å². The molecule has 2 N–H and O–H groups in total. The summed E-state index contributed by atoms with van der Waals surface area (Å²) in [4.78, 5) is 9.50. The summed E-state index contributed by atoms with van der Waals surface area (Å²) >= 11 is 0. The maximum atomic E-state index is 9.50. The topological polar surface area (TPSA) is 58.6 Å². The van der Waals surface area contributed by atoms with Gasteiger partial charge in [-0.05, 0) is 7.05 Å². The fourth-order valence-electron chi connectivity index (χ4n) is 0.134. The molecule has 0 aromatic rings. The van der Waals surface area contributed by atoms with Gasteiger partial charge in [-0.2, -0.15) is 0 Å². The summed E-state index contributed by atoms with van der Waals surface area (Å²) in [7, 11) is 1.60. The van der Waals surface area contributed by atoms with Gasteiger partial charge in [0.05, 0.1) is 0 Å². The Hall–Kier alpha value is -0.770. The lowest BCUT2D eigenvalue weighted by molar-refractivity contribution is 0.0866. The van der Waals surface area contributed by atoms with Gasteiger partial charge in [-0.15, -0.1) is 0 Å². The van der Waals surface area contributed by atoms with Crippen LogP contribution in [-0.4, -0.2) is 25.0 Å². The lowest BCUT2D eigenvalue weighted by atomic mass is 11.1. The number of rotatable bonds is 2. The molecule has 0 rings (SSSR count). The van der Waals surface area contributed by atoms with E-state index < -0.39 is 6.16 Å². The number of carbonyl (C=O) groups is 1. The zero-order valence-corrected chi connectivity index (χ0v) is 3.97. The van der Waals surface area contributed by atoms with Gasteiger partial charge < -0.3 is 9.84 Å². The van der Waals surface area contributed by atoms with Crippen LogP contribution in [0.3, 0.4) is 0 Å². The standard InChI is InChI=1S/C3H7NO3/c1-4-2-7-3(5)6/h4H,2H2,1H3,(H,5,6). The first-order valence-electron chi connectivity index (χ1n) is 1.77. The van der Waals surface area contributed by atoms with Crippen molar-refractivity contribution < 1.29 is 14.6 Å². The molecule has 4 heteroatoms. The maximum Gasteiger partial charge on any atom is 0.507 e. The van der Waals surface area contributed by atoms with E-state index in [1.807, 2.05) is 0 Å². The number of carboxylic acid groups (broad SMARTS) is 1. The molecule has 0 fully saturated rings. The molecule has 4 nitrogen and oxygen atoms in total. The van der Waals surface area contributed by atoms with Crippen LogP contribution in [0.25, 0.3) is 0 Å². The smallest absolute Gasteiger partial charge is 0.450 e. The molecule has 0 amide bonds. The molecular weight excluding hydrogens is 98.0 g/mol. The molecule has 0 aliphatic rings. The third-order valence-corrected chi connectivity index (χ3v) is 0.340. The highest BCUT2D eigenvalue weighted by Crippen LogP contribution is 1.67. The molecule has 0 saturated carbocycles. The average Bonchev–Trinajstić information content (AvgIpc) is 1.61. The van der Waals surface area contributed by atoms with Crippen LogP contribution in [-0.2, 0) is 4.74 Å². The zero-order chi connectivity index (χ0) is 5.70. The molecule has 0 atom stereocenters. The lowest BCUT2D eigenvalue weighted by Gasteiger charge is -1.93. The van der Waals surface area contributed by atoms with Crippen LogP contribution in [0, 0.1) is 0 Å². The Balaban J connectivity index is 2.82. The largest absolute Gasteiger partial charge is 0.507 e. The van der Waals surface area contributed by atoms with E-state index >= 15 is 0 Å². The van der Waals surface area contributed by atoms with Gasteiger partial charge in [0.2, 0.25) is 0 Å². The van der Waals surface area contributed by atoms with E-state index in [2.05, 4.69) is 10.1 Å². The van der Waals surface area contributed by atoms with Crippen LogP contribution >= 0.6 is 0 Å². The van der Waals surface area contributed by atoms with Crippen LogP contribution in [0.1, 0.15) is 0 Å². The van der Waals surface area contributed by atoms with Crippen molar-refractivity contribution in [3.8, 4) is 0 Å². The maximum absolute atomic E-state index is 9.50. The van der Waals surface area contributed by atoms with Gasteiger partial charge in [-0.1, -0.05) is 0 Å². The highest BCUT2D eigenvalue weighted by Gasteiger charge is 1.89. The summed E-state index contributed by atoms with van der Waals surface area (Å²) in [6.07, 6.45) is -1.26. The highest BCUT2D eigenvalue weighted by atomic mass is 16.7. The van der Waals surface area contributed by atoms with Crippen LogP contribution < -0.4 is 5.32 Å². The van der Waals surface area contributed by atoms with E-state index in [0.717, 1.165) is 0 Å². The minimum absolute atomic E-state index is 0.0509. The Labute approximate surface area is 41.1 Å². The number of hydrogen-bond donors (Lipinski definition) is 2. The molecular formula is C3H7NO3. The molecule has 0 bridgehead atoms. The van der Waals surface area contributed by atoms with Gasteiger partial charge in [0.1, 0.15) is 6.73 Å². The first-order valence-corrected chi connectivity index (χ1v) is 1.77. The second-order valence-electron chi connectivity index (χ2n) is 0.908. The number of nitrogens with one attached hydrogen (secondary N) is 1. The first-order chi connectivity index (χ1) is 3.27. The summed E-state index contributed by atoms with van der Waals surface area (Å²) in [6, 6.07) is 0. The van der Waals surface area contributed by atoms with Gasteiger partial charge in [0.25, 0.3) is 0 Å². The molecule has 0 aliphatic heterocycles. The van der Waals surface area contributed by atoms with E-state index in [9.17, 15) is 4.79 Å². The van der Waals surface area contributed by atoms with E-state index in [1.54, 1.807) is 7.05 Å². The van der Waals surface area contributed by atoms with Crippen molar-refractivity contribution in [3.05, 3.63) is 0 Å². The van der Waals surface area contributed by atoms with Crippen LogP contribution in [0.2, 0.25) is 0 Å². The molecule has 0 aromatic carbocycles. The molecule has 0 saturated heterocycles. The predicted octanol–water partition coefficient (Wildman–Crippen LogP) is -0.142. The SMILES string of the molecule is CNCOC(=O)O. The zero-order valence-electron chi connectivity index (χ0n) is 3.97. The number of ether oxygens (including phenoxy) is 1. The van der Waals surface area contributed by atoms with Crippen molar-refractivity contribution in [2.75, 3.05) is 13.8 Å². The highest BCUT2D eigenvalue weighted by molar-refractivity contribution is 5.56. The molecule has 0 radical (unpaired) electrons. The third-order valence-electron chi connectivity index (χ3n) is 0.340. The molecule has 0 heterocycles. The summed E-state index contributed by atoms with van der Waals surface area (Å²) in [5, 5.41) is 10.3. The summed E-state index contributed by atoms with van der Waals surface area (Å²) < 4.78 is 4.00. The lowest BCUT2D eigenvalue weighted by Crippen LogP contribution is -2.14. The van der Waals surface area contributed by atoms with Crippen LogP contribution in [0.15, 0.2) is 0 Å². The van der Waals surface area contributed by atoms with Crippen molar-refractivity contribution in [1.29, 1.82) is 0 Å². The quantitative estimate of drug-likeness (QED) is 0.379. The van der Waals surface area contributed by atoms with Crippen LogP contribution in [0.5, 0.6) is 0 Å². The predicted molar refractivity (Wildman–Crippen MR) is 23.0 cm³/mol. The molecule has 42 valence electrons.